The maximum absolute atomic E-state index is 11.2. The van der Waals surface area contributed by atoms with Gasteiger partial charge in [0.2, 0.25) is 10.0 Å². The Morgan fingerprint density at radius 3 is 2.57 bits per heavy atom. The second-order valence-electron chi connectivity index (χ2n) is 5.13. The Balaban J connectivity index is 0.00000264. The molecular weight excluding hydrogens is 447 g/mol. The number of nitrogens with two attached hydrogens (primary N) is 1. The predicted octanol–water partition coefficient (Wildman–Crippen LogP) is 1.51. The van der Waals surface area contributed by atoms with Crippen LogP contribution >= 0.6 is 35.7 Å². The molecule has 23 heavy (non-hydrogen) atoms. The zero-order valence-corrected chi connectivity index (χ0v) is 17.0. The van der Waals surface area contributed by atoms with Crippen LogP contribution in [-0.2, 0) is 16.6 Å². The fourth-order valence-electron chi connectivity index (χ4n) is 2.22. The van der Waals surface area contributed by atoms with Gasteiger partial charge in [-0.2, -0.15) is 11.8 Å². The quantitative estimate of drug-likeness (QED) is 0.345. The molecule has 0 saturated carbocycles. The van der Waals surface area contributed by atoms with Gasteiger partial charge in [0.05, 0.1) is 4.90 Å². The van der Waals surface area contributed by atoms with Gasteiger partial charge in [-0.05, 0) is 36.3 Å². The molecule has 1 heterocycles. The number of hydrogen-bond donors (Lipinski definition) is 3. The number of primary sulfonamides is 1. The summed E-state index contributed by atoms with van der Waals surface area (Å²) >= 11 is 2.00. The molecule has 1 aromatic carbocycles. The molecule has 1 saturated heterocycles. The highest BCUT2D eigenvalue weighted by molar-refractivity contribution is 14.0. The number of halogens is 1. The van der Waals surface area contributed by atoms with E-state index in [2.05, 4.69) is 15.6 Å². The van der Waals surface area contributed by atoms with Gasteiger partial charge in [0, 0.05) is 25.4 Å². The van der Waals surface area contributed by atoms with Crippen LogP contribution in [0.3, 0.4) is 0 Å². The molecule has 2 rings (SSSR count). The number of rotatable bonds is 5. The molecule has 0 amide bonds. The van der Waals surface area contributed by atoms with Crippen LogP contribution < -0.4 is 15.8 Å². The van der Waals surface area contributed by atoms with E-state index in [4.69, 9.17) is 5.14 Å². The molecule has 1 fully saturated rings. The van der Waals surface area contributed by atoms with E-state index in [0.717, 1.165) is 18.1 Å². The maximum atomic E-state index is 11.2. The normalized spacial score (nSPS) is 18.3. The Morgan fingerprint density at radius 1 is 1.35 bits per heavy atom. The van der Waals surface area contributed by atoms with Gasteiger partial charge in [0.15, 0.2) is 5.96 Å². The summed E-state index contributed by atoms with van der Waals surface area (Å²) in [4.78, 5) is 4.31. The number of guanidine groups is 1. The van der Waals surface area contributed by atoms with Gasteiger partial charge in [-0.15, -0.1) is 24.0 Å². The van der Waals surface area contributed by atoms with Gasteiger partial charge in [-0.1, -0.05) is 12.1 Å². The van der Waals surface area contributed by atoms with Gasteiger partial charge in [-0.3, -0.25) is 4.99 Å². The Bertz CT molecular complexity index is 614. The number of nitrogens with one attached hydrogen (secondary N) is 2. The first kappa shape index (κ1) is 20.5. The number of thioether (sulfide) groups is 1. The van der Waals surface area contributed by atoms with Crippen molar-refractivity contribution >= 4 is 51.7 Å². The number of benzene rings is 1. The fourth-order valence-corrected chi connectivity index (χ4v) is 3.94. The van der Waals surface area contributed by atoms with E-state index in [9.17, 15) is 8.42 Å². The second-order valence-corrected chi connectivity index (χ2v) is 8.10. The van der Waals surface area contributed by atoms with Crippen LogP contribution in [0.5, 0.6) is 0 Å². The van der Waals surface area contributed by atoms with Gasteiger partial charge in [0.25, 0.3) is 0 Å². The molecule has 1 aliphatic rings. The lowest BCUT2D eigenvalue weighted by molar-refractivity contribution is 0.597. The standard InChI is InChI=1S/C14H22N4O2S2.HI/c1-16-14(18-10-12-3-2-8-21-12)17-9-11-4-6-13(7-5-11)22(15,19)20;/h4-7,12H,2-3,8-10H2,1H3,(H2,15,19,20)(H2,16,17,18);1H. The number of aliphatic imine (C=N–C) groups is 1. The Hall–Kier alpha value is -0.520. The number of nitrogens with zero attached hydrogens (tertiary/aromatic N) is 1. The summed E-state index contributed by atoms with van der Waals surface area (Å²) in [5, 5.41) is 12.3. The average Bonchev–Trinajstić information content (AvgIpc) is 3.00. The van der Waals surface area contributed by atoms with E-state index in [-0.39, 0.29) is 28.9 Å². The third kappa shape index (κ3) is 6.86. The molecule has 1 atom stereocenters. The average molecular weight is 470 g/mol. The first-order valence-electron chi connectivity index (χ1n) is 7.17. The van der Waals surface area contributed by atoms with Crippen molar-refractivity contribution in [1.82, 2.24) is 10.6 Å². The van der Waals surface area contributed by atoms with E-state index >= 15 is 0 Å². The second kappa shape index (κ2) is 9.70. The van der Waals surface area contributed by atoms with Crippen LogP contribution in [-0.4, -0.2) is 39.0 Å². The highest BCUT2D eigenvalue weighted by Gasteiger charge is 2.15. The lowest BCUT2D eigenvalue weighted by Crippen LogP contribution is -2.39. The van der Waals surface area contributed by atoms with E-state index in [1.165, 1.54) is 30.7 Å². The highest BCUT2D eigenvalue weighted by atomic mass is 127. The highest BCUT2D eigenvalue weighted by Crippen LogP contribution is 2.25. The molecule has 4 N–H and O–H groups in total. The third-order valence-corrected chi connectivity index (χ3v) is 5.78. The number of hydrogen-bond acceptors (Lipinski definition) is 4. The summed E-state index contributed by atoms with van der Waals surface area (Å²) < 4.78 is 22.4. The first-order chi connectivity index (χ1) is 10.5. The van der Waals surface area contributed by atoms with Crippen molar-refractivity contribution in [3.63, 3.8) is 0 Å². The zero-order chi connectivity index (χ0) is 16.0. The summed E-state index contributed by atoms with van der Waals surface area (Å²) in [6, 6.07) is 6.51. The summed E-state index contributed by atoms with van der Waals surface area (Å²) in [5.74, 6) is 2.00. The molecule has 0 bridgehead atoms. The van der Waals surface area contributed by atoms with Crippen molar-refractivity contribution in [2.75, 3.05) is 19.3 Å². The molecule has 9 heteroatoms. The molecule has 6 nitrogen and oxygen atoms in total. The SMILES string of the molecule is CN=C(NCc1ccc(S(N)(=O)=O)cc1)NCC1CCCS1.I. The smallest absolute Gasteiger partial charge is 0.238 e. The Morgan fingerprint density at radius 2 is 2.04 bits per heavy atom. The van der Waals surface area contributed by atoms with E-state index in [1.54, 1.807) is 19.2 Å². The van der Waals surface area contributed by atoms with Crippen LogP contribution in [0.1, 0.15) is 18.4 Å². The summed E-state index contributed by atoms with van der Waals surface area (Å²) in [6.07, 6.45) is 2.54. The fraction of sp³-hybridized carbons (Fsp3) is 0.500. The zero-order valence-electron chi connectivity index (χ0n) is 13.0. The Labute approximate surface area is 159 Å². The lowest BCUT2D eigenvalue weighted by atomic mass is 10.2. The number of sulfonamides is 1. The van der Waals surface area contributed by atoms with Gasteiger partial charge >= 0.3 is 0 Å². The minimum atomic E-state index is -3.63. The molecule has 1 unspecified atom stereocenters. The van der Waals surface area contributed by atoms with Crippen molar-refractivity contribution < 1.29 is 8.42 Å². The largest absolute Gasteiger partial charge is 0.355 e. The van der Waals surface area contributed by atoms with Crippen molar-refractivity contribution in [2.45, 2.75) is 29.5 Å². The van der Waals surface area contributed by atoms with Crippen molar-refractivity contribution in [1.29, 1.82) is 0 Å². The van der Waals surface area contributed by atoms with Crippen LogP contribution in [0.4, 0.5) is 0 Å². The topological polar surface area (TPSA) is 96.6 Å². The monoisotopic (exact) mass is 470 g/mol. The predicted molar refractivity (Wildman–Crippen MR) is 107 cm³/mol. The van der Waals surface area contributed by atoms with Crippen molar-refractivity contribution in [2.24, 2.45) is 10.1 Å². The molecule has 0 radical (unpaired) electrons. The maximum Gasteiger partial charge on any atom is 0.238 e. The molecular formula is C14H23IN4O2S2. The summed E-state index contributed by atoms with van der Waals surface area (Å²) in [7, 11) is -1.90. The van der Waals surface area contributed by atoms with Gasteiger partial charge in [0.1, 0.15) is 0 Å². The van der Waals surface area contributed by atoms with Crippen LogP contribution in [0.15, 0.2) is 34.2 Å². The summed E-state index contributed by atoms with van der Waals surface area (Å²) in [6.45, 7) is 1.48. The molecule has 0 aromatic heterocycles. The van der Waals surface area contributed by atoms with Gasteiger partial charge in [-0.25, -0.2) is 13.6 Å². The summed E-state index contributed by atoms with van der Waals surface area (Å²) in [5.41, 5.74) is 0.964. The Kier molecular flexibility index (Phi) is 8.65. The molecule has 0 spiro atoms. The van der Waals surface area contributed by atoms with Gasteiger partial charge < -0.3 is 10.6 Å². The molecule has 0 aliphatic carbocycles. The van der Waals surface area contributed by atoms with Crippen LogP contribution in [0, 0.1) is 0 Å². The minimum absolute atomic E-state index is 0. The lowest BCUT2D eigenvalue weighted by Gasteiger charge is -2.15. The van der Waals surface area contributed by atoms with Crippen LogP contribution in [0.2, 0.25) is 0 Å². The third-order valence-electron chi connectivity index (χ3n) is 3.46. The molecule has 1 aliphatic heterocycles. The minimum Gasteiger partial charge on any atom is -0.355 e. The van der Waals surface area contributed by atoms with Crippen molar-refractivity contribution in [3.8, 4) is 0 Å². The first-order valence-corrected chi connectivity index (χ1v) is 9.76. The van der Waals surface area contributed by atoms with Crippen molar-refractivity contribution in [3.05, 3.63) is 29.8 Å². The van der Waals surface area contributed by atoms with Crippen LogP contribution in [0.25, 0.3) is 0 Å². The van der Waals surface area contributed by atoms with E-state index in [1.807, 2.05) is 11.8 Å². The van der Waals surface area contributed by atoms with E-state index in [0.29, 0.717) is 11.8 Å². The molecule has 1 aromatic rings. The molecule has 130 valence electrons. The van der Waals surface area contributed by atoms with E-state index < -0.39 is 10.0 Å².